The number of hydrogen-bond acceptors (Lipinski definition) is 5. The highest BCUT2D eigenvalue weighted by Crippen LogP contribution is 2.34. The first-order chi connectivity index (χ1) is 13.2. The Balaban J connectivity index is 2.34. The van der Waals surface area contributed by atoms with Crippen molar-refractivity contribution in [3.05, 3.63) is 16.9 Å². The summed E-state index contributed by atoms with van der Waals surface area (Å²) < 4.78 is 9.44. The van der Waals surface area contributed by atoms with Crippen LogP contribution < -0.4 is 9.54 Å². The standard InChI is InChI=1S/C21H34N4OS/c1-4-7-10-11-14-26-19-16-18-20(15-17(19)24-22)27-21(23-12-8-5-2)25(18)13-9-6-3/h15-16,22H,4-14H2,1-3H3/b23-21+,24-22?. The fraction of sp³-hybridized carbons (Fsp3) is 0.667. The number of nitrogens with zero attached hydrogens (tertiary/aromatic N) is 3. The molecule has 0 aliphatic carbocycles. The van der Waals surface area contributed by atoms with Crippen molar-refractivity contribution in [3.8, 4) is 5.75 Å². The molecule has 1 aromatic heterocycles. The van der Waals surface area contributed by atoms with Crippen molar-refractivity contribution in [2.45, 2.75) is 78.7 Å². The third-order valence-corrected chi connectivity index (χ3v) is 5.71. The van der Waals surface area contributed by atoms with E-state index in [0.29, 0.717) is 12.3 Å². The van der Waals surface area contributed by atoms with E-state index in [4.69, 9.17) is 15.3 Å². The first-order valence-electron chi connectivity index (χ1n) is 10.4. The predicted octanol–water partition coefficient (Wildman–Crippen LogP) is 6.83. The van der Waals surface area contributed by atoms with Gasteiger partial charge in [-0.1, -0.05) is 64.2 Å². The van der Waals surface area contributed by atoms with Gasteiger partial charge < -0.3 is 9.30 Å². The molecule has 0 spiro atoms. The van der Waals surface area contributed by atoms with Crippen LogP contribution in [0.5, 0.6) is 5.75 Å². The Morgan fingerprint density at radius 2 is 1.78 bits per heavy atom. The van der Waals surface area contributed by atoms with Crippen LogP contribution in [-0.2, 0) is 6.54 Å². The topological polar surface area (TPSA) is 62.7 Å². The first kappa shape index (κ1) is 21.6. The molecule has 0 saturated heterocycles. The van der Waals surface area contributed by atoms with Gasteiger partial charge in [0.15, 0.2) is 4.80 Å². The van der Waals surface area contributed by atoms with Crippen molar-refractivity contribution in [3.63, 3.8) is 0 Å². The van der Waals surface area contributed by atoms with E-state index in [0.717, 1.165) is 66.0 Å². The molecular formula is C21H34N4OS. The molecule has 0 aliphatic rings. The molecule has 1 N–H and O–H groups in total. The second-order valence-corrected chi connectivity index (χ2v) is 7.94. The number of aryl methyl sites for hydroxylation is 1. The van der Waals surface area contributed by atoms with Crippen LogP contribution in [0.3, 0.4) is 0 Å². The van der Waals surface area contributed by atoms with E-state index < -0.39 is 0 Å². The van der Waals surface area contributed by atoms with E-state index in [2.05, 4.69) is 36.5 Å². The van der Waals surface area contributed by atoms with Gasteiger partial charge >= 0.3 is 0 Å². The minimum absolute atomic E-state index is 0.613. The first-order valence-corrected chi connectivity index (χ1v) is 11.2. The molecule has 0 atom stereocenters. The fourth-order valence-electron chi connectivity index (χ4n) is 2.98. The van der Waals surface area contributed by atoms with Gasteiger partial charge in [-0.2, -0.15) is 5.11 Å². The molecule has 0 radical (unpaired) electrons. The highest BCUT2D eigenvalue weighted by atomic mass is 32.1. The van der Waals surface area contributed by atoms with Crippen molar-refractivity contribution in [1.82, 2.24) is 4.57 Å². The predicted molar refractivity (Wildman–Crippen MR) is 115 cm³/mol. The number of nitrogens with one attached hydrogen (secondary N) is 1. The van der Waals surface area contributed by atoms with E-state index in [9.17, 15) is 0 Å². The maximum absolute atomic E-state index is 7.53. The summed E-state index contributed by atoms with van der Waals surface area (Å²) in [6.07, 6.45) is 9.23. The minimum Gasteiger partial charge on any atom is -0.491 e. The van der Waals surface area contributed by atoms with Gasteiger partial charge in [0.25, 0.3) is 0 Å². The molecule has 1 aromatic carbocycles. The van der Waals surface area contributed by atoms with E-state index in [1.54, 1.807) is 11.3 Å². The number of thiazole rings is 1. The molecule has 0 amide bonds. The maximum atomic E-state index is 7.53. The normalized spacial score (nSPS) is 12.0. The van der Waals surface area contributed by atoms with Crippen LogP contribution in [0.2, 0.25) is 0 Å². The molecule has 0 fully saturated rings. The zero-order valence-electron chi connectivity index (χ0n) is 17.1. The van der Waals surface area contributed by atoms with Gasteiger partial charge in [-0.15, -0.1) is 0 Å². The van der Waals surface area contributed by atoms with E-state index in [1.807, 2.05) is 6.07 Å². The van der Waals surface area contributed by atoms with Crippen LogP contribution >= 0.6 is 11.3 Å². The summed E-state index contributed by atoms with van der Waals surface area (Å²) in [5.41, 5.74) is 9.30. The van der Waals surface area contributed by atoms with Gasteiger partial charge in [-0.25, -0.2) is 5.53 Å². The largest absolute Gasteiger partial charge is 0.491 e. The van der Waals surface area contributed by atoms with Gasteiger partial charge in [0.05, 0.1) is 16.8 Å². The highest BCUT2D eigenvalue weighted by molar-refractivity contribution is 7.16. The van der Waals surface area contributed by atoms with Gasteiger partial charge in [0.2, 0.25) is 0 Å². The summed E-state index contributed by atoms with van der Waals surface area (Å²) in [6.45, 7) is 9.13. The molecule has 2 aromatic rings. The molecule has 0 aliphatic heterocycles. The number of hydrogen-bond donors (Lipinski definition) is 1. The van der Waals surface area contributed by atoms with Crippen LogP contribution in [0.1, 0.15) is 72.1 Å². The lowest BCUT2D eigenvalue weighted by Crippen LogP contribution is -2.15. The summed E-state index contributed by atoms with van der Waals surface area (Å²) >= 11 is 1.70. The van der Waals surface area contributed by atoms with E-state index >= 15 is 0 Å². The van der Waals surface area contributed by atoms with Gasteiger partial charge in [-0.05, 0) is 25.3 Å². The number of rotatable bonds is 13. The van der Waals surface area contributed by atoms with Crippen LogP contribution in [0.25, 0.3) is 10.2 Å². The SMILES string of the molecule is CCCCCCOc1cc2c(cc1N=N)s/c(=N/CCCC)n2CCCC. The summed E-state index contributed by atoms with van der Waals surface area (Å²) in [5.74, 6) is 0.720. The monoisotopic (exact) mass is 390 g/mol. The molecule has 5 nitrogen and oxygen atoms in total. The lowest BCUT2D eigenvalue weighted by atomic mass is 10.2. The zero-order valence-corrected chi connectivity index (χ0v) is 17.9. The number of fused-ring (bicyclic) bond motifs is 1. The van der Waals surface area contributed by atoms with Gasteiger partial charge in [0.1, 0.15) is 11.4 Å². The van der Waals surface area contributed by atoms with Crippen molar-refractivity contribution in [1.29, 1.82) is 5.53 Å². The third kappa shape index (κ3) is 6.16. The van der Waals surface area contributed by atoms with Crippen LogP contribution in [0.4, 0.5) is 5.69 Å². The number of ether oxygens (including phenoxy) is 1. The highest BCUT2D eigenvalue weighted by Gasteiger charge is 2.12. The Hall–Kier alpha value is -1.69. The van der Waals surface area contributed by atoms with Crippen LogP contribution in [0.15, 0.2) is 22.2 Å². The molecule has 0 saturated carbocycles. The second kappa shape index (κ2) is 11.9. The van der Waals surface area contributed by atoms with Crippen LogP contribution in [-0.4, -0.2) is 17.7 Å². The number of aromatic nitrogens is 1. The van der Waals surface area contributed by atoms with Crippen LogP contribution in [0, 0.1) is 5.53 Å². The van der Waals surface area contributed by atoms with Crippen molar-refractivity contribution in [2.75, 3.05) is 13.2 Å². The zero-order chi connectivity index (χ0) is 19.5. The Morgan fingerprint density at radius 3 is 2.48 bits per heavy atom. The van der Waals surface area contributed by atoms with E-state index in [1.165, 1.54) is 19.3 Å². The summed E-state index contributed by atoms with van der Waals surface area (Å²) in [5, 5.41) is 3.70. The molecule has 0 unspecified atom stereocenters. The second-order valence-electron chi connectivity index (χ2n) is 6.93. The van der Waals surface area contributed by atoms with Crippen molar-refractivity contribution < 1.29 is 4.74 Å². The number of unbranched alkanes of at least 4 members (excludes halogenated alkanes) is 5. The lowest BCUT2D eigenvalue weighted by Gasteiger charge is -2.10. The smallest absolute Gasteiger partial charge is 0.185 e. The fourth-order valence-corrected chi connectivity index (χ4v) is 4.08. The molecule has 6 heteroatoms. The summed E-state index contributed by atoms with van der Waals surface area (Å²) in [6, 6.07) is 4.04. The molecular weight excluding hydrogens is 356 g/mol. The maximum Gasteiger partial charge on any atom is 0.185 e. The Morgan fingerprint density at radius 1 is 1.00 bits per heavy atom. The van der Waals surface area contributed by atoms with Gasteiger partial charge in [0, 0.05) is 19.2 Å². The van der Waals surface area contributed by atoms with Gasteiger partial charge in [-0.3, -0.25) is 4.99 Å². The Bertz CT molecular complexity index is 778. The summed E-state index contributed by atoms with van der Waals surface area (Å²) in [4.78, 5) is 5.90. The number of benzene rings is 1. The summed E-state index contributed by atoms with van der Waals surface area (Å²) in [7, 11) is 0. The van der Waals surface area contributed by atoms with Crippen molar-refractivity contribution >= 4 is 27.2 Å². The Kier molecular flexibility index (Phi) is 9.53. The molecule has 1 heterocycles. The third-order valence-electron chi connectivity index (χ3n) is 4.63. The molecule has 2 rings (SSSR count). The quantitative estimate of drug-likeness (QED) is 0.296. The molecule has 0 bridgehead atoms. The average Bonchev–Trinajstić information content (AvgIpc) is 3.02. The molecule has 27 heavy (non-hydrogen) atoms. The molecule has 150 valence electrons. The van der Waals surface area contributed by atoms with Crippen molar-refractivity contribution in [2.24, 2.45) is 10.1 Å². The lowest BCUT2D eigenvalue weighted by molar-refractivity contribution is 0.306. The minimum atomic E-state index is 0.613. The Labute approximate surface area is 167 Å². The van der Waals surface area contributed by atoms with E-state index in [-0.39, 0.29) is 0 Å². The average molecular weight is 391 g/mol.